The molecular weight excluding hydrogens is 188 g/mol. The number of carboxylic acids is 2. The van der Waals surface area contributed by atoms with Crippen molar-refractivity contribution in [2.24, 2.45) is 0 Å². The predicted octanol–water partition coefficient (Wildman–Crippen LogP) is -0.0222. The van der Waals surface area contributed by atoms with Gasteiger partial charge in [-0.05, 0) is 0 Å². The predicted molar refractivity (Wildman–Crippen MR) is 39.6 cm³/mol. The molecule has 0 aromatic heterocycles. The van der Waals surface area contributed by atoms with E-state index in [1.807, 2.05) is 0 Å². The van der Waals surface area contributed by atoms with E-state index in [2.05, 4.69) is 0 Å². The Balaban J connectivity index is -0.0000000408. The average Bonchev–Trinajstić information content (AvgIpc) is 1.61. The number of halogens is 1. The van der Waals surface area contributed by atoms with Crippen LogP contribution in [0.25, 0.3) is 0 Å². The molecule has 0 aromatic carbocycles. The first-order valence-corrected chi connectivity index (χ1v) is 1.77. The number of hydrogen-bond acceptors (Lipinski definition) is 2. The van der Waals surface area contributed by atoms with Crippen LogP contribution >= 0.6 is 12.4 Å². The van der Waals surface area contributed by atoms with E-state index in [0.29, 0.717) is 12.2 Å². The topological polar surface area (TPSA) is 74.6 Å². The van der Waals surface area contributed by atoms with Gasteiger partial charge in [0.15, 0.2) is 0 Å². The molecule has 0 radical (unpaired) electrons. The smallest absolute Gasteiger partial charge is 1.00 e. The summed E-state index contributed by atoms with van der Waals surface area (Å²) >= 11 is 0. The van der Waals surface area contributed by atoms with Gasteiger partial charge in [0.1, 0.15) is 0 Å². The number of rotatable bonds is 2. The van der Waals surface area contributed by atoms with Gasteiger partial charge in [0.25, 0.3) is 0 Å². The molecule has 2 N–H and O–H groups in total. The zero-order chi connectivity index (χ0) is 6.57. The Hall–Kier alpha value is 0.230. The molecule has 0 aliphatic rings. The Morgan fingerprint density at radius 3 is 1.40 bits per heavy atom. The molecule has 0 atom stereocenters. The van der Waals surface area contributed by atoms with Crippen molar-refractivity contribution in [3.63, 3.8) is 0 Å². The first-order chi connectivity index (χ1) is 3.63. The van der Waals surface area contributed by atoms with Crippen molar-refractivity contribution in [1.29, 1.82) is 0 Å². The molecular formula is C4H7CaClO4. The molecule has 0 saturated heterocycles. The third-order valence-electron chi connectivity index (χ3n) is 0.368. The van der Waals surface area contributed by atoms with Gasteiger partial charge in [-0.3, -0.25) is 0 Å². The monoisotopic (exact) mass is 194 g/mol. The van der Waals surface area contributed by atoms with Crippen LogP contribution in [0.1, 0.15) is 2.85 Å². The Kier molecular flexibility index (Phi) is 15.4. The van der Waals surface area contributed by atoms with Crippen LogP contribution in [0.4, 0.5) is 0 Å². The van der Waals surface area contributed by atoms with Crippen LogP contribution in [0, 0.1) is 0 Å². The summed E-state index contributed by atoms with van der Waals surface area (Å²) < 4.78 is 0. The number of hydrogen-bond donors (Lipinski definition) is 2. The zero-order valence-corrected chi connectivity index (χ0v) is 8.01. The maximum absolute atomic E-state index is 9.55. The van der Waals surface area contributed by atoms with E-state index in [4.69, 9.17) is 10.2 Å². The van der Waals surface area contributed by atoms with Crippen LogP contribution in [0.2, 0.25) is 0 Å². The van der Waals surface area contributed by atoms with Gasteiger partial charge in [0, 0.05) is 12.2 Å². The van der Waals surface area contributed by atoms with Gasteiger partial charge in [-0.25, -0.2) is 9.59 Å². The summed E-state index contributed by atoms with van der Waals surface area (Å²) in [6.07, 6.45) is 1.12. The molecule has 4 nitrogen and oxygen atoms in total. The summed E-state index contributed by atoms with van der Waals surface area (Å²) in [4.78, 5) is 19.1. The molecule has 0 unspecified atom stereocenters. The van der Waals surface area contributed by atoms with Crippen LogP contribution in [0.15, 0.2) is 12.2 Å². The normalized spacial score (nSPS) is 7.60. The second-order valence-electron chi connectivity index (χ2n) is 1.01. The fraction of sp³-hybridized carbons (Fsp3) is 0. The summed E-state index contributed by atoms with van der Waals surface area (Å²) in [7, 11) is 0. The summed E-state index contributed by atoms with van der Waals surface area (Å²) in [6.45, 7) is 0. The minimum absolute atomic E-state index is 0. The van der Waals surface area contributed by atoms with Gasteiger partial charge in [-0.1, -0.05) is 0 Å². The second-order valence-corrected chi connectivity index (χ2v) is 1.01. The quantitative estimate of drug-likeness (QED) is 0.479. The number of carboxylic acid groups (broad SMARTS) is 2. The minimum Gasteiger partial charge on any atom is -1.00 e. The second kappa shape index (κ2) is 9.23. The van der Waals surface area contributed by atoms with Crippen molar-refractivity contribution in [3.8, 4) is 0 Å². The zero-order valence-electron chi connectivity index (χ0n) is 6.98. The van der Waals surface area contributed by atoms with E-state index < -0.39 is 11.9 Å². The van der Waals surface area contributed by atoms with Crippen LogP contribution < -0.4 is 0 Å². The van der Waals surface area contributed by atoms with Crippen molar-refractivity contribution in [2.75, 3.05) is 0 Å². The third-order valence-corrected chi connectivity index (χ3v) is 0.368. The first kappa shape index (κ1) is 16.7. The molecule has 0 rings (SSSR count). The van der Waals surface area contributed by atoms with E-state index >= 15 is 0 Å². The fourth-order valence-electron chi connectivity index (χ4n) is 0.143. The summed E-state index contributed by atoms with van der Waals surface area (Å²) in [5.74, 6) is -2.51. The average molecular weight is 195 g/mol. The van der Waals surface area contributed by atoms with Gasteiger partial charge in [0.05, 0.1) is 0 Å². The molecule has 6 heteroatoms. The summed E-state index contributed by atoms with van der Waals surface area (Å²) in [6, 6.07) is 0. The Morgan fingerprint density at radius 2 is 1.30 bits per heavy atom. The minimum atomic E-state index is -1.26. The molecule has 56 valence electrons. The largest absolute Gasteiger partial charge is 2.00 e. The molecule has 0 heterocycles. The van der Waals surface area contributed by atoms with Crippen molar-refractivity contribution >= 4 is 62.1 Å². The molecule has 0 bridgehead atoms. The Bertz CT molecular complexity index is 136. The van der Waals surface area contributed by atoms with Gasteiger partial charge in [0.2, 0.25) is 0 Å². The molecule has 10 heavy (non-hydrogen) atoms. The van der Waals surface area contributed by atoms with Crippen LogP contribution in [-0.2, 0) is 9.59 Å². The summed E-state index contributed by atoms with van der Waals surface area (Å²) in [5.41, 5.74) is 0. The first-order valence-electron chi connectivity index (χ1n) is 1.77. The number of carbonyl (C=O) groups is 2. The fourth-order valence-corrected chi connectivity index (χ4v) is 0.143. The molecule has 0 aliphatic carbocycles. The van der Waals surface area contributed by atoms with E-state index in [1.54, 1.807) is 0 Å². The molecule has 0 saturated carbocycles. The van der Waals surface area contributed by atoms with Crippen LogP contribution in [0.3, 0.4) is 0 Å². The van der Waals surface area contributed by atoms with Crippen molar-refractivity contribution in [3.05, 3.63) is 12.2 Å². The van der Waals surface area contributed by atoms with Crippen molar-refractivity contribution in [1.82, 2.24) is 0 Å². The van der Waals surface area contributed by atoms with Gasteiger partial charge in [-0.2, -0.15) is 0 Å². The van der Waals surface area contributed by atoms with Gasteiger partial charge in [-0.15, -0.1) is 12.4 Å². The van der Waals surface area contributed by atoms with E-state index in [1.165, 1.54) is 0 Å². The van der Waals surface area contributed by atoms with Gasteiger partial charge >= 0.3 is 49.7 Å². The maximum Gasteiger partial charge on any atom is 2.00 e. The van der Waals surface area contributed by atoms with Crippen LogP contribution in [-0.4, -0.2) is 59.9 Å². The number of aliphatic carboxylic acids is 2. The molecule has 0 spiro atoms. The van der Waals surface area contributed by atoms with Crippen LogP contribution in [0.5, 0.6) is 0 Å². The van der Waals surface area contributed by atoms with E-state index in [-0.39, 0.29) is 53.0 Å². The van der Waals surface area contributed by atoms with Crippen molar-refractivity contribution in [2.45, 2.75) is 0 Å². The molecule has 0 aromatic rings. The Labute approximate surface area is 96.3 Å². The maximum atomic E-state index is 9.55. The van der Waals surface area contributed by atoms with Gasteiger partial charge < -0.3 is 13.1 Å². The summed E-state index contributed by atoms with van der Waals surface area (Å²) in [5, 5.41) is 15.6. The molecule has 0 fully saturated rings. The SMILES string of the molecule is Cl.O=C(O)/C=C\C(=O)O.[Ca+2].[H-].[H-]. The molecule has 0 amide bonds. The van der Waals surface area contributed by atoms with E-state index in [0.717, 1.165) is 0 Å². The van der Waals surface area contributed by atoms with Crippen molar-refractivity contribution < 1.29 is 22.7 Å². The standard InChI is InChI=1S/C4H4O4.Ca.ClH.2H/c5-3(6)1-2-4(7)8;;;;/h1-2H,(H,5,6)(H,7,8);;1H;;/q;+2;;2*-1/b2-1-;;;;. The van der Waals surface area contributed by atoms with E-state index in [9.17, 15) is 9.59 Å². The third kappa shape index (κ3) is 15.7. The molecule has 0 aliphatic heterocycles. The Morgan fingerprint density at radius 1 is 1.10 bits per heavy atom.